The predicted molar refractivity (Wildman–Crippen MR) is 67.3 cm³/mol. The van der Waals surface area contributed by atoms with E-state index in [0.717, 1.165) is 18.6 Å². The number of hydrogen-bond donors (Lipinski definition) is 1. The summed E-state index contributed by atoms with van der Waals surface area (Å²) in [6, 6.07) is 2.12. The van der Waals surface area contributed by atoms with Crippen LogP contribution in [0.4, 0.5) is 17.6 Å². The van der Waals surface area contributed by atoms with Gasteiger partial charge < -0.3 is 4.98 Å². The van der Waals surface area contributed by atoms with Gasteiger partial charge in [-0.15, -0.1) is 0 Å². The van der Waals surface area contributed by atoms with E-state index in [1.807, 2.05) is 0 Å². The molecule has 1 aliphatic rings. The van der Waals surface area contributed by atoms with E-state index in [0.29, 0.717) is 30.2 Å². The van der Waals surface area contributed by atoms with Gasteiger partial charge in [-0.25, -0.2) is 9.37 Å². The molecule has 3 nitrogen and oxygen atoms in total. The first kappa shape index (κ1) is 13.8. The number of hydrogen-bond acceptors (Lipinski definition) is 2. The molecule has 110 valence electrons. The molecule has 0 spiro atoms. The summed E-state index contributed by atoms with van der Waals surface area (Å²) in [5.41, 5.74) is -0.433. The Bertz CT molecular complexity index is 765. The number of aromatic amines is 1. The fourth-order valence-corrected chi connectivity index (χ4v) is 2.47. The molecule has 1 aliphatic carbocycles. The van der Waals surface area contributed by atoms with Crippen LogP contribution < -0.4 is 5.56 Å². The van der Waals surface area contributed by atoms with E-state index in [9.17, 15) is 22.4 Å². The number of aryl methyl sites for hydroxylation is 1. The first-order valence-corrected chi connectivity index (χ1v) is 6.35. The molecule has 0 saturated carbocycles. The van der Waals surface area contributed by atoms with Crippen molar-refractivity contribution in [1.82, 2.24) is 9.97 Å². The number of fused-ring (bicyclic) bond motifs is 1. The lowest BCUT2D eigenvalue weighted by Crippen LogP contribution is -2.15. The lowest BCUT2D eigenvalue weighted by molar-refractivity contribution is -0.137. The standard InChI is InChI=1S/C14H10F4N2O/c15-9-5-7(4-8(6-9)14(16,17)18)12-19-11-3-1-2-10(11)13(21)20-12/h4-6H,1-3H2,(H,19,20,21). The first-order valence-electron chi connectivity index (χ1n) is 6.35. The Labute approximate surface area is 116 Å². The lowest BCUT2D eigenvalue weighted by atomic mass is 10.1. The molecule has 0 radical (unpaired) electrons. The highest BCUT2D eigenvalue weighted by Gasteiger charge is 2.31. The molecule has 1 aromatic heterocycles. The number of rotatable bonds is 1. The van der Waals surface area contributed by atoms with Crippen LogP contribution in [0.5, 0.6) is 0 Å². The zero-order valence-electron chi connectivity index (χ0n) is 10.7. The second-order valence-electron chi connectivity index (χ2n) is 4.92. The van der Waals surface area contributed by atoms with E-state index in [4.69, 9.17) is 0 Å². The monoisotopic (exact) mass is 298 g/mol. The van der Waals surface area contributed by atoms with Gasteiger partial charge in [-0.1, -0.05) is 0 Å². The summed E-state index contributed by atoms with van der Waals surface area (Å²) in [6.45, 7) is 0. The molecular weight excluding hydrogens is 288 g/mol. The molecule has 1 N–H and O–H groups in total. The smallest absolute Gasteiger partial charge is 0.306 e. The highest BCUT2D eigenvalue weighted by molar-refractivity contribution is 5.57. The molecule has 1 aromatic carbocycles. The van der Waals surface area contributed by atoms with Gasteiger partial charge in [-0.3, -0.25) is 4.79 Å². The third-order valence-electron chi connectivity index (χ3n) is 3.44. The average Bonchev–Trinajstić information content (AvgIpc) is 2.85. The molecule has 0 atom stereocenters. The normalized spacial score (nSPS) is 14.3. The van der Waals surface area contributed by atoms with Crippen molar-refractivity contribution in [2.75, 3.05) is 0 Å². The van der Waals surface area contributed by atoms with Gasteiger partial charge in [-0.2, -0.15) is 13.2 Å². The van der Waals surface area contributed by atoms with E-state index < -0.39 is 17.6 Å². The lowest BCUT2D eigenvalue weighted by Gasteiger charge is -2.10. The Balaban J connectivity index is 2.15. The fraction of sp³-hybridized carbons (Fsp3) is 0.286. The third-order valence-corrected chi connectivity index (χ3v) is 3.44. The van der Waals surface area contributed by atoms with E-state index in [1.165, 1.54) is 0 Å². The van der Waals surface area contributed by atoms with Gasteiger partial charge in [-0.05, 0) is 37.5 Å². The zero-order chi connectivity index (χ0) is 15.2. The van der Waals surface area contributed by atoms with E-state index in [-0.39, 0.29) is 16.9 Å². The topological polar surface area (TPSA) is 45.8 Å². The maximum Gasteiger partial charge on any atom is 0.416 e. The second-order valence-corrected chi connectivity index (χ2v) is 4.92. The Morgan fingerprint density at radius 2 is 1.90 bits per heavy atom. The van der Waals surface area contributed by atoms with Crippen LogP contribution in [-0.2, 0) is 19.0 Å². The van der Waals surface area contributed by atoms with E-state index in [2.05, 4.69) is 9.97 Å². The quantitative estimate of drug-likeness (QED) is 0.822. The molecule has 0 fully saturated rings. The first-order chi connectivity index (χ1) is 9.84. The summed E-state index contributed by atoms with van der Waals surface area (Å²) in [7, 11) is 0. The molecular formula is C14H10F4N2O. The minimum Gasteiger partial charge on any atom is -0.306 e. The van der Waals surface area contributed by atoms with Crippen LogP contribution in [0.3, 0.4) is 0 Å². The fourth-order valence-electron chi connectivity index (χ4n) is 2.47. The van der Waals surface area contributed by atoms with Gasteiger partial charge in [0, 0.05) is 11.1 Å². The minimum absolute atomic E-state index is 0.0364. The van der Waals surface area contributed by atoms with Gasteiger partial charge in [0.25, 0.3) is 5.56 Å². The summed E-state index contributed by atoms with van der Waals surface area (Å²) in [4.78, 5) is 18.4. The Morgan fingerprint density at radius 1 is 1.14 bits per heavy atom. The average molecular weight is 298 g/mol. The van der Waals surface area contributed by atoms with Crippen LogP contribution in [-0.4, -0.2) is 9.97 Å². The molecule has 2 aromatic rings. The number of nitrogens with zero attached hydrogens (tertiary/aromatic N) is 1. The molecule has 0 saturated heterocycles. The van der Waals surface area contributed by atoms with Gasteiger partial charge in [0.1, 0.15) is 11.6 Å². The van der Waals surface area contributed by atoms with E-state index in [1.54, 1.807) is 0 Å². The van der Waals surface area contributed by atoms with Crippen LogP contribution in [0.2, 0.25) is 0 Å². The summed E-state index contributed by atoms with van der Waals surface area (Å²) in [5.74, 6) is -1.06. The van der Waals surface area contributed by atoms with E-state index >= 15 is 0 Å². The van der Waals surface area contributed by atoms with Crippen LogP contribution in [0.25, 0.3) is 11.4 Å². The molecule has 21 heavy (non-hydrogen) atoms. The number of benzene rings is 1. The number of alkyl halides is 3. The highest BCUT2D eigenvalue weighted by Crippen LogP contribution is 2.32. The molecule has 7 heteroatoms. The molecule has 0 bridgehead atoms. The third kappa shape index (κ3) is 2.55. The van der Waals surface area contributed by atoms with Crippen molar-refractivity contribution < 1.29 is 17.6 Å². The Kier molecular flexibility index (Phi) is 3.07. The van der Waals surface area contributed by atoms with Gasteiger partial charge in [0.2, 0.25) is 0 Å². The zero-order valence-corrected chi connectivity index (χ0v) is 10.7. The van der Waals surface area contributed by atoms with Crippen molar-refractivity contribution in [3.63, 3.8) is 0 Å². The minimum atomic E-state index is -4.66. The van der Waals surface area contributed by atoms with Crippen molar-refractivity contribution in [2.24, 2.45) is 0 Å². The van der Waals surface area contributed by atoms with Gasteiger partial charge in [0.15, 0.2) is 0 Å². The summed E-state index contributed by atoms with van der Waals surface area (Å²) < 4.78 is 51.5. The molecule has 0 aliphatic heterocycles. The second kappa shape index (κ2) is 4.68. The van der Waals surface area contributed by atoms with Crippen molar-refractivity contribution in [3.8, 4) is 11.4 Å². The van der Waals surface area contributed by atoms with Crippen LogP contribution in [0.1, 0.15) is 23.2 Å². The molecule has 0 amide bonds. The summed E-state index contributed by atoms with van der Waals surface area (Å²) in [5, 5.41) is 0. The highest BCUT2D eigenvalue weighted by atomic mass is 19.4. The van der Waals surface area contributed by atoms with Crippen LogP contribution in [0, 0.1) is 5.82 Å². The van der Waals surface area contributed by atoms with Gasteiger partial charge >= 0.3 is 6.18 Å². The van der Waals surface area contributed by atoms with Crippen molar-refractivity contribution in [1.29, 1.82) is 0 Å². The van der Waals surface area contributed by atoms with Crippen LogP contribution >= 0.6 is 0 Å². The Morgan fingerprint density at radius 3 is 2.62 bits per heavy atom. The van der Waals surface area contributed by atoms with Crippen LogP contribution in [0.15, 0.2) is 23.0 Å². The summed E-state index contributed by atoms with van der Waals surface area (Å²) >= 11 is 0. The van der Waals surface area contributed by atoms with Crippen molar-refractivity contribution in [3.05, 3.63) is 51.2 Å². The number of H-pyrrole nitrogens is 1. The summed E-state index contributed by atoms with van der Waals surface area (Å²) in [6.07, 6.45) is -2.66. The molecule has 3 rings (SSSR count). The van der Waals surface area contributed by atoms with Gasteiger partial charge in [0.05, 0.1) is 11.3 Å². The predicted octanol–water partition coefficient (Wildman–Crippen LogP) is 3.08. The number of aromatic nitrogens is 2. The Hall–Kier alpha value is -2.18. The van der Waals surface area contributed by atoms with Crippen molar-refractivity contribution >= 4 is 0 Å². The van der Waals surface area contributed by atoms with Crippen molar-refractivity contribution in [2.45, 2.75) is 25.4 Å². The molecule has 0 unspecified atom stereocenters. The largest absolute Gasteiger partial charge is 0.416 e. The number of halogens is 4. The number of nitrogens with one attached hydrogen (secondary N) is 1. The SMILES string of the molecule is O=c1[nH]c(-c2cc(F)cc(C(F)(F)F)c2)nc2c1CCC2. The maximum absolute atomic E-state index is 13.4. The molecule has 1 heterocycles. The maximum atomic E-state index is 13.4.